The van der Waals surface area contributed by atoms with E-state index in [0.717, 1.165) is 32.1 Å². The van der Waals surface area contributed by atoms with Gasteiger partial charge in [-0.1, -0.05) is 13.3 Å². The van der Waals surface area contributed by atoms with E-state index >= 15 is 0 Å². The molecule has 1 aliphatic carbocycles. The molecule has 0 aliphatic heterocycles. The van der Waals surface area contributed by atoms with Gasteiger partial charge in [0.15, 0.2) is 0 Å². The van der Waals surface area contributed by atoms with Crippen LogP contribution in [0.5, 0.6) is 0 Å². The summed E-state index contributed by atoms with van der Waals surface area (Å²) in [5.41, 5.74) is -0.732. The van der Waals surface area contributed by atoms with E-state index in [-0.39, 0.29) is 5.92 Å². The maximum absolute atomic E-state index is 11.6. The lowest BCUT2D eigenvalue weighted by Gasteiger charge is -2.32. The Morgan fingerprint density at radius 1 is 1.42 bits per heavy atom. The van der Waals surface area contributed by atoms with Crippen molar-refractivity contribution in [3.8, 4) is 0 Å². The number of nitrogens with one attached hydrogen (secondary N) is 1. The van der Waals surface area contributed by atoms with Crippen LogP contribution < -0.4 is 5.32 Å². The molecule has 2 N–H and O–H groups in total. The number of likely N-dealkylation sites (N-methyl/N-ethyl adjacent to an activating group) is 1. The molecule has 0 aromatic rings. The van der Waals surface area contributed by atoms with Crippen LogP contribution in [0.15, 0.2) is 0 Å². The van der Waals surface area contributed by atoms with E-state index in [1.165, 1.54) is 0 Å². The SMILES string of the molecule is CCNC1(C(=O)O)CCCC1CCOCCCOC. The topological polar surface area (TPSA) is 67.8 Å². The molecule has 0 radical (unpaired) electrons. The van der Waals surface area contributed by atoms with E-state index in [1.807, 2.05) is 6.92 Å². The molecule has 5 nitrogen and oxygen atoms in total. The predicted octanol–water partition coefficient (Wildman–Crippen LogP) is 1.66. The lowest BCUT2D eigenvalue weighted by atomic mass is 9.84. The molecule has 0 saturated heterocycles. The highest BCUT2D eigenvalue weighted by atomic mass is 16.5. The summed E-state index contributed by atoms with van der Waals surface area (Å²) < 4.78 is 10.5. The Morgan fingerprint density at radius 2 is 2.21 bits per heavy atom. The third-order valence-electron chi connectivity index (χ3n) is 3.94. The number of hydrogen-bond donors (Lipinski definition) is 2. The van der Waals surface area contributed by atoms with Gasteiger partial charge in [0.1, 0.15) is 5.54 Å². The summed E-state index contributed by atoms with van der Waals surface area (Å²) >= 11 is 0. The molecule has 5 heteroatoms. The maximum atomic E-state index is 11.6. The van der Waals surface area contributed by atoms with Gasteiger partial charge < -0.3 is 19.9 Å². The second-order valence-corrected chi connectivity index (χ2v) is 5.14. The van der Waals surface area contributed by atoms with Gasteiger partial charge in [-0.05, 0) is 38.1 Å². The van der Waals surface area contributed by atoms with Gasteiger partial charge in [0.25, 0.3) is 0 Å². The second kappa shape index (κ2) is 8.51. The first kappa shape index (κ1) is 16.4. The molecule has 0 spiro atoms. The molecule has 1 fully saturated rings. The van der Waals surface area contributed by atoms with Crippen LogP contribution >= 0.6 is 0 Å². The zero-order chi connectivity index (χ0) is 14.1. The molecule has 19 heavy (non-hydrogen) atoms. The van der Waals surface area contributed by atoms with Gasteiger partial charge in [0, 0.05) is 26.9 Å². The van der Waals surface area contributed by atoms with Gasteiger partial charge in [-0.2, -0.15) is 0 Å². The van der Waals surface area contributed by atoms with Gasteiger partial charge in [0.05, 0.1) is 0 Å². The van der Waals surface area contributed by atoms with E-state index in [0.29, 0.717) is 26.4 Å². The first-order valence-corrected chi connectivity index (χ1v) is 7.22. The van der Waals surface area contributed by atoms with E-state index in [1.54, 1.807) is 7.11 Å². The highest BCUT2D eigenvalue weighted by molar-refractivity contribution is 5.79. The fraction of sp³-hybridized carbons (Fsp3) is 0.929. The van der Waals surface area contributed by atoms with Gasteiger partial charge in [-0.15, -0.1) is 0 Å². The minimum Gasteiger partial charge on any atom is -0.480 e. The Hall–Kier alpha value is -0.650. The van der Waals surface area contributed by atoms with Crippen molar-refractivity contribution in [1.82, 2.24) is 5.32 Å². The van der Waals surface area contributed by atoms with Gasteiger partial charge >= 0.3 is 5.97 Å². The molecule has 0 amide bonds. The third-order valence-corrected chi connectivity index (χ3v) is 3.94. The van der Waals surface area contributed by atoms with Gasteiger partial charge in [-0.25, -0.2) is 0 Å². The van der Waals surface area contributed by atoms with Crippen LogP contribution in [-0.4, -0.2) is 50.1 Å². The van der Waals surface area contributed by atoms with Crippen molar-refractivity contribution in [1.29, 1.82) is 0 Å². The number of carboxylic acid groups (broad SMARTS) is 1. The Balaban J connectivity index is 2.36. The number of aliphatic carboxylic acids is 1. The summed E-state index contributed by atoms with van der Waals surface area (Å²) in [4.78, 5) is 11.6. The van der Waals surface area contributed by atoms with Crippen molar-refractivity contribution in [2.75, 3.05) is 33.5 Å². The molecule has 1 rings (SSSR count). The maximum Gasteiger partial charge on any atom is 0.324 e. The van der Waals surface area contributed by atoms with Crippen LogP contribution in [0.3, 0.4) is 0 Å². The molecule has 2 unspecified atom stereocenters. The highest BCUT2D eigenvalue weighted by Gasteiger charge is 2.48. The molecule has 0 bridgehead atoms. The number of ether oxygens (including phenoxy) is 2. The normalized spacial score (nSPS) is 26.7. The monoisotopic (exact) mass is 273 g/mol. The van der Waals surface area contributed by atoms with E-state index in [9.17, 15) is 9.90 Å². The summed E-state index contributed by atoms with van der Waals surface area (Å²) in [5.74, 6) is -0.538. The van der Waals surface area contributed by atoms with Crippen molar-refractivity contribution in [3.63, 3.8) is 0 Å². The second-order valence-electron chi connectivity index (χ2n) is 5.14. The van der Waals surface area contributed by atoms with Crippen LogP contribution in [0.1, 0.15) is 39.0 Å². The minimum absolute atomic E-state index is 0.173. The predicted molar refractivity (Wildman–Crippen MR) is 73.3 cm³/mol. The quantitative estimate of drug-likeness (QED) is 0.593. The average Bonchev–Trinajstić information content (AvgIpc) is 2.78. The molecular weight excluding hydrogens is 246 g/mol. The number of carboxylic acids is 1. The first-order chi connectivity index (χ1) is 9.17. The third kappa shape index (κ3) is 4.44. The minimum atomic E-state index is -0.732. The zero-order valence-electron chi connectivity index (χ0n) is 12.1. The fourth-order valence-corrected chi connectivity index (χ4v) is 3.01. The van der Waals surface area contributed by atoms with Crippen LogP contribution in [0, 0.1) is 5.92 Å². The van der Waals surface area contributed by atoms with Crippen LogP contribution in [0.2, 0.25) is 0 Å². The molecule has 0 heterocycles. The van der Waals surface area contributed by atoms with E-state index in [4.69, 9.17) is 9.47 Å². The Bertz CT molecular complexity index is 272. The number of hydrogen-bond acceptors (Lipinski definition) is 4. The van der Waals surface area contributed by atoms with Crippen molar-refractivity contribution in [2.45, 2.75) is 44.6 Å². The Morgan fingerprint density at radius 3 is 2.84 bits per heavy atom. The number of methoxy groups -OCH3 is 1. The number of carbonyl (C=O) groups is 1. The molecule has 0 aromatic heterocycles. The highest BCUT2D eigenvalue weighted by Crippen LogP contribution is 2.38. The standard InChI is InChI=1S/C14H27NO4/c1-3-15-14(13(16)17)8-4-6-12(14)7-11-19-10-5-9-18-2/h12,15H,3-11H2,1-2H3,(H,16,17). The summed E-state index contributed by atoms with van der Waals surface area (Å²) in [7, 11) is 1.68. The molecule has 1 saturated carbocycles. The van der Waals surface area contributed by atoms with Gasteiger partial charge in [0.2, 0.25) is 0 Å². The molecular formula is C14H27NO4. The van der Waals surface area contributed by atoms with Crippen molar-refractivity contribution >= 4 is 5.97 Å². The first-order valence-electron chi connectivity index (χ1n) is 7.22. The molecule has 1 aliphatic rings. The van der Waals surface area contributed by atoms with E-state index < -0.39 is 11.5 Å². The summed E-state index contributed by atoms with van der Waals surface area (Å²) in [5, 5.41) is 12.7. The lowest BCUT2D eigenvalue weighted by molar-refractivity contribution is -0.146. The summed E-state index contributed by atoms with van der Waals surface area (Å²) in [6.07, 6.45) is 4.38. The van der Waals surface area contributed by atoms with Crippen molar-refractivity contribution < 1.29 is 19.4 Å². The Kier molecular flexibility index (Phi) is 7.34. The number of rotatable bonds is 10. The summed E-state index contributed by atoms with van der Waals surface area (Å²) in [6.45, 7) is 4.68. The van der Waals surface area contributed by atoms with Crippen molar-refractivity contribution in [2.24, 2.45) is 5.92 Å². The average molecular weight is 273 g/mol. The molecule has 2 atom stereocenters. The Labute approximate surface area is 115 Å². The molecule has 0 aromatic carbocycles. The smallest absolute Gasteiger partial charge is 0.324 e. The summed E-state index contributed by atoms with van der Waals surface area (Å²) in [6, 6.07) is 0. The van der Waals surface area contributed by atoms with Crippen LogP contribution in [0.25, 0.3) is 0 Å². The zero-order valence-corrected chi connectivity index (χ0v) is 12.1. The van der Waals surface area contributed by atoms with E-state index in [2.05, 4.69) is 5.32 Å². The fourth-order valence-electron chi connectivity index (χ4n) is 3.01. The lowest BCUT2D eigenvalue weighted by Crippen LogP contribution is -2.54. The van der Waals surface area contributed by atoms with Gasteiger partial charge in [-0.3, -0.25) is 4.79 Å². The van der Waals surface area contributed by atoms with Crippen molar-refractivity contribution in [3.05, 3.63) is 0 Å². The van der Waals surface area contributed by atoms with Crippen LogP contribution in [-0.2, 0) is 14.3 Å². The largest absolute Gasteiger partial charge is 0.480 e. The van der Waals surface area contributed by atoms with Crippen LogP contribution in [0.4, 0.5) is 0 Å². The molecule has 112 valence electrons.